The van der Waals surface area contributed by atoms with Crippen LogP contribution in [0, 0.1) is 6.92 Å². The number of thioether (sulfide) groups is 1. The smallest absolute Gasteiger partial charge is 0.234 e. The first-order chi connectivity index (χ1) is 7.54. The number of anilines is 1. The number of hydrogen-bond acceptors (Lipinski definition) is 3. The van der Waals surface area contributed by atoms with Gasteiger partial charge in [-0.15, -0.1) is 0 Å². The van der Waals surface area contributed by atoms with Gasteiger partial charge in [0.25, 0.3) is 0 Å². The van der Waals surface area contributed by atoms with Gasteiger partial charge in [0.2, 0.25) is 5.91 Å². The van der Waals surface area contributed by atoms with Gasteiger partial charge in [-0.25, -0.2) is 0 Å². The Morgan fingerprint density at radius 3 is 2.81 bits per heavy atom. The summed E-state index contributed by atoms with van der Waals surface area (Å²) in [4.78, 5) is 11.8. The van der Waals surface area contributed by atoms with Gasteiger partial charge in [-0.3, -0.25) is 4.79 Å². The predicted molar refractivity (Wildman–Crippen MR) is 74.1 cm³/mol. The molecule has 86 valence electrons. The first kappa shape index (κ1) is 13.0. The summed E-state index contributed by atoms with van der Waals surface area (Å²) < 4.78 is 0. The Balaban J connectivity index is 2.90. The van der Waals surface area contributed by atoms with E-state index in [1.165, 1.54) is 11.8 Å². The molecule has 1 rings (SSSR count). The number of nitrogens with one attached hydrogen (secondary N) is 1. The van der Waals surface area contributed by atoms with E-state index in [1.807, 2.05) is 25.3 Å². The molecule has 0 fully saturated rings. The Bertz CT molecular complexity index is 418. The number of rotatable bonds is 4. The molecular formula is C11H14N2OS2. The van der Waals surface area contributed by atoms with Gasteiger partial charge in [0.05, 0.1) is 5.75 Å². The fourth-order valence-electron chi connectivity index (χ4n) is 1.23. The van der Waals surface area contributed by atoms with Gasteiger partial charge in [0.1, 0.15) is 4.99 Å². The lowest BCUT2D eigenvalue weighted by molar-refractivity contribution is -0.113. The molecule has 0 radical (unpaired) electrons. The third kappa shape index (κ3) is 3.50. The van der Waals surface area contributed by atoms with Gasteiger partial charge in [-0.05, 0) is 24.8 Å². The molecule has 0 aliphatic carbocycles. The van der Waals surface area contributed by atoms with Gasteiger partial charge in [-0.2, -0.15) is 11.8 Å². The van der Waals surface area contributed by atoms with Crippen molar-refractivity contribution in [2.75, 3.05) is 17.3 Å². The molecule has 0 aliphatic heterocycles. The van der Waals surface area contributed by atoms with Crippen LogP contribution in [0.15, 0.2) is 18.2 Å². The van der Waals surface area contributed by atoms with E-state index < -0.39 is 0 Å². The maximum atomic E-state index is 11.4. The third-order valence-electron chi connectivity index (χ3n) is 2.07. The van der Waals surface area contributed by atoms with Crippen molar-refractivity contribution in [3.8, 4) is 0 Å². The lowest BCUT2D eigenvalue weighted by atomic mass is 10.1. The zero-order valence-electron chi connectivity index (χ0n) is 9.24. The van der Waals surface area contributed by atoms with Gasteiger partial charge in [0, 0.05) is 11.3 Å². The number of hydrogen-bond donors (Lipinski definition) is 2. The summed E-state index contributed by atoms with van der Waals surface area (Å²) in [7, 11) is 0. The highest BCUT2D eigenvalue weighted by Gasteiger charge is 2.06. The summed E-state index contributed by atoms with van der Waals surface area (Å²) in [6.45, 7) is 1.93. The number of carbonyl (C=O) groups is 1. The highest BCUT2D eigenvalue weighted by molar-refractivity contribution is 7.99. The molecule has 0 aliphatic rings. The third-order valence-corrected chi connectivity index (χ3v) is 2.86. The first-order valence-electron chi connectivity index (χ1n) is 4.74. The van der Waals surface area contributed by atoms with Gasteiger partial charge >= 0.3 is 0 Å². The number of carbonyl (C=O) groups excluding carboxylic acids is 1. The van der Waals surface area contributed by atoms with Crippen molar-refractivity contribution in [1.82, 2.24) is 0 Å². The molecule has 1 aromatic carbocycles. The van der Waals surface area contributed by atoms with Crippen LogP contribution < -0.4 is 11.1 Å². The summed E-state index contributed by atoms with van der Waals surface area (Å²) in [6, 6.07) is 5.54. The molecule has 0 saturated heterocycles. The average Bonchev–Trinajstić information content (AvgIpc) is 2.21. The Hall–Kier alpha value is -1.07. The minimum Gasteiger partial charge on any atom is -0.389 e. The van der Waals surface area contributed by atoms with Crippen molar-refractivity contribution < 1.29 is 4.79 Å². The van der Waals surface area contributed by atoms with Crippen molar-refractivity contribution >= 4 is 40.6 Å². The van der Waals surface area contributed by atoms with Crippen LogP contribution in [0.2, 0.25) is 0 Å². The molecular weight excluding hydrogens is 240 g/mol. The molecule has 0 heterocycles. The first-order valence-corrected chi connectivity index (χ1v) is 6.54. The topological polar surface area (TPSA) is 55.1 Å². The molecule has 3 N–H and O–H groups in total. The molecule has 0 aromatic heterocycles. The Kier molecular flexibility index (Phi) is 4.76. The largest absolute Gasteiger partial charge is 0.389 e. The zero-order chi connectivity index (χ0) is 12.1. The lowest BCUT2D eigenvalue weighted by Crippen LogP contribution is -2.16. The van der Waals surface area contributed by atoms with Gasteiger partial charge < -0.3 is 11.1 Å². The lowest BCUT2D eigenvalue weighted by Gasteiger charge is -2.09. The monoisotopic (exact) mass is 254 g/mol. The van der Waals surface area contributed by atoms with Crippen LogP contribution in [0.1, 0.15) is 11.1 Å². The number of thiocarbonyl (C=S) groups is 1. The maximum Gasteiger partial charge on any atom is 0.234 e. The standard InChI is InChI=1S/C11H14N2OS2/c1-7-3-4-8(11(12)15)5-9(7)13-10(14)6-16-2/h3-5H,6H2,1-2H3,(H2,12,15)(H,13,14). The van der Waals surface area contributed by atoms with E-state index in [0.29, 0.717) is 10.7 Å². The molecule has 16 heavy (non-hydrogen) atoms. The van der Waals surface area contributed by atoms with Crippen LogP contribution in [0.25, 0.3) is 0 Å². The maximum absolute atomic E-state index is 11.4. The predicted octanol–water partition coefficient (Wildman–Crippen LogP) is 1.93. The van der Waals surface area contributed by atoms with E-state index >= 15 is 0 Å². The molecule has 3 nitrogen and oxygen atoms in total. The minimum atomic E-state index is -0.0179. The Morgan fingerprint density at radius 1 is 1.56 bits per heavy atom. The van der Waals surface area contributed by atoms with Crippen LogP contribution >= 0.6 is 24.0 Å². The van der Waals surface area contributed by atoms with E-state index in [9.17, 15) is 4.79 Å². The molecule has 0 saturated carbocycles. The van der Waals surface area contributed by atoms with E-state index in [-0.39, 0.29) is 5.91 Å². The van der Waals surface area contributed by atoms with Crippen molar-refractivity contribution in [1.29, 1.82) is 0 Å². The minimum absolute atomic E-state index is 0.0179. The SMILES string of the molecule is CSCC(=O)Nc1cc(C(N)=S)ccc1C. The van der Waals surface area contributed by atoms with Crippen LogP contribution in [0.4, 0.5) is 5.69 Å². The van der Waals surface area contributed by atoms with Gasteiger partial charge in [-0.1, -0.05) is 24.4 Å². The normalized spacial score (nSPS) is 9.88. The van der Waals surface area contributed by atoms with E-state index in [1.54, 1.807) is 6.07 Å². The van der Waals surface area contributed by atoms with Crippen LogP contribution in [-0.2, 0) is 4.79 Å². The number of aryl methyl sites for hydroxylation is 1. The number of benzene rings is 1. The van der Waals surface area contributed by atoms with Crippen LogP contribution in [0.3, 0.4) is 0 Å². The van der Waals surface area contributed by atoms with E-state index in [4.69, 9.17) is 18.0 Å². The molecule has 0 unspecified atom stereocenters. The summed E-state index contributed by atoms with van der Waals surface area (Å²) in [6.07, 6.45) is 1.89. The Morgan fingerprint density at radius 2 is 2.25 bits per heavy atom. The Labute approximate surface area is 105 Å². The summed E-state index contributed by atoms with van der Waals surface area (Å²) in [5.41, 5.74) is 8.06. The van der Waals surface area contributed by atoms with E-state index in [2.05, 4.69) is 5.32 Å². The second kappa shape index (κ2) is 5.86. The van der Waals surface area contributed by atoms with Crippen molar-refractivity contribution in [3.63, 3.8) is 0 Å². The molecule has 0 spiro atoms. The van der Waals surface area contributed by atoms with Crippen LogP contribution in [0.5, 0.6) is 0 Å². The highest BCUT2D eigenvalue weighted by Crippen LogP contribution is 2.17. The van der Waals surface area contributed by atoms with Gasteiger partial charge in [0.15, 0.2) is 0 Å². The average molecular weight is 254 g/mol. The second-order valence-electron chi connectivity index (χ2n) is 3.38. The van der Waals surface area contributed by atoms with Crippen LogP contribution in [-0.4, -0.2) is 22.9 Å². The molecule has 1 amide bonds. The molecule has 5 heteroatoms. The number of amides is 1. The fourth-order valence-corrected chi connectivity index (χ4v) is 1.69. The summed E-state index contributed by atoms with van der Waals surface area (Å²) in [5.74, 6) is 0.423. The van der Waals surface area contributed by atoms with E-state index in [0.717, 1.165) is 16.8 Å². The summed E-state index contributed by atoms with van der Waals surface area (Å²) >= 11 is 6.37. The van der Waals surface area contributed by atoms with Crippen molar-refractivity contribution in [2.24, 2.45) is 5.73 Å². The quantitative estimate of drug-likeness (QED) is 0.806. The number of nitrogens with two attached hydrogens (primary N) is 1. The fraction of sp³-hybridized carbons (Fsp3) is 0.273. The zero-order valence-corrected chi connectivity index (χ0v) is 10.9. The summed E-state index contributed by atoms with van der Waals surface area (Å²) in [5, 5.41) is 2.83. The molecule has 1 aromatic rings. The second-order valence-corrected chi connectivity index (χ2v) is 4.68. The van der Waals surface area contributed by atoms with Crippen molar-refractivity contribution in [2.45, 2.75) is 6.92 Å². The molecule has 0 atom stereocenters. The van der Waals surface area contributed by atoms with Crippen molar-refractivity contribution in [3.05, 3.63) is 29.3 Å². The molecule has 0 bridgehead atoms. The highest BCUT2D eigenvalue weighted by atomic mass is 32.2.